The standard InChI is InChI=1S/C19H14FN3O2/c1-25-15-8-4-13(5-9-15)17-10-18(24)23-19(22-17)16(11-21-23)12-2-6-14(20)7-3-12/h2-11,21H,1H3. The van der Waals surface area contributed by atoms with Gasteiger partial charge in [0.2, 0.25) is 0 Å². The number of hydrogen-bond donors (Lipinski definition) is 1. The molecule has 4 rings (SSSR count). The molecule has 124 valence electrons. The van der Waals surface area contributed by atoms with E-state index in [1.807, 2.05) is 24.3 Å². The molecule has 2 aromatic carbocycles. The van der Waals surface area contributed by atoms with Gasteiger partial charge in [0.05, 0.1) is 12.8 Å². The van der Waals surface area contributed by atoms with E-state index in [1.165, 1.54) is 22.7 Å². The average molecular weight is 335 g/mol. The Labute approximate surface area is 142 Å². The van der Waals surface area contributed by atoms with Crippen LogP contribution >= 0.6 is 0 Å². The monoisotopic (exact) mass is 335 g/mol. The summed E-state index contributed by atoms with van der Waals surface area (Å²) in [5.41, 5.74) is 3.16. The second-order valence-corrected chi connectivity index (χ2v) is 5.56. The largest absolute Gasteiger partial charge is 0.497 e. The van der Waals surface area contributed by atoms with Crippen LogP contribution in [0.2, 0.25) is 0 Å². The van der Waals surface area contributed by atoms with Gasteiger partial charge in [0.1, 0.15) is 11.6 Å². The number of H-pyrrole nitrogens is 1. The Morgan fingerprint density at radius 1 is 1.04 bits per heavy atom. The highest BCUT2D eigenvalue weighted by atomic mass is 19.1. The van der Waals surface area contributed by atoms with Crippen LogP contribution in [0.5, 0.6) is 5.75 Å². The molecule has 0 bridgehead atoms. The van der Waals surface area contributed by atoms with Crippen LogP contribution in [0.1, 0.15) is 0 Å². The molecule has 0 spiro atoms. The molecule has 2 aromatic heterocycles. The molecule has 0 radical (unpaired) electrons. The Bertz CT molecular complexity index is 1100. The lowest BCUT2D eigenvalue weighted by atomic mass is 10.1. The maximum absolute atomic E-state index is 13.2. The molecule has 2 heterocycles. The quantitative estimate of drug-likeness (QED) is 0.623. The van der Waals surface area contributed by atoms with Crippen LogP contribution in [0, 0.1) is 5.82 Å². The van der Waals surface area contributed by atoms with E-state index >= 15 is 0 Å². The van der Waals surface area contributed by atoms with Crippen LogP contribution in [0.4, 0.5) is 4.39 Å². The number of benzene rings is 2. The Balaban J connectivity index is 1.88. The van der Waals surface area contributed by atoms with Crippen LogP contribution in [0.3, 0.4) is 0 Å². The molecule has 0 unspecified atom stereocenters. The highest BCUT2D eigenvalue weighted by Crippen LogP contribution is 2.25. The summed E-state index contributed by atoms with van der Waals surface area (Å²) in [5, 5.41) is 2.89. The van der Waals surface area contributed by atoms with E-state index in [2.05, 4.69) is 10.1 Å². The molecule has 6 heteroatoms. The Morgan fingerprint density at radius 3 is 2.40 bits per heavy atom. The Hall–Kier alpha value is -3.41. The van der Waals surface area contributed by atoms with Gasteiger partial charge in [-0.25, -0.2) is 13.9 Å². The normalized spacial score (nSPS) is 11.0. The lowest BCUT2D eigenvalue weighted by Gasteiger charge is -2.05. The van der Waals surface area contributed by atoms with Crippen molar-refractivity contribution in [3.05, 3.63) is 77.0 Å². The van der Waals surface area contributed by atoms with Gasteiger partial charge in [-0.15, -0.1) is 0 Å². The van der Waals surface area contributed by atoms with E-state index < -0.39 is 0 Å². The molecule has 0 fully saturated rings. The second kappa shape index (κ2) is 5.90. The number of rotatable bonds is 3. The van der Waals surface area contributed by atoms with E-state index in [4.69, 9.17) is 4.74 Å². The van der Waals surface area contributed by atoms with Crippen molar-refractivity contribution in [2.24, 2.45) is 0 Å². The fraction of sp³-hybridized carbons (Fsp3) is 0.0526. The van der Waals surface area contributed by atoms with Crippen molar-refractivity contribution in [3.8, 4) is 28.1 Å². The molecular formula is C19H14FN3O2. The number of hydrogen-bond acceptors (Lipinski definition) is 3. The Morgan fingerprint density at radius 2 is 1.72 bits per heavy atom. The summed E-state index contributed by atoms with van der Waals surface area (Å²) in [5.74, 6) is 0.419. The highest BCUT2D eigenvalue weighted by molar-refractivity contribution is 5.78. The van der Waals surface area contributed by atoms with E-state index in [0.717, 1.165) is 22.4 Å². The van der Waals surface area contributed by atoms with Gasteiger partial charge in [-0.3, -0.25) is 9.89 Å². The number of ether oxygens (including phenoxy) is 1. The van der Waals surface area contributed by atoms with Crippen molar-refractivity contribution in [2.45, 2.75) is 0 Å². The molecule has 5 nitrogen and oxygen atoms in total. The minimum atomic E-state index is -0.312. The second-order valence-electron chi connectivity index (χ2n) is 5.56. The van der Waals surface area contributed by atoms with E-state index in [-0.39, 0.29) is 11.4 Å². The van der Waals surface area contributed by atoms with Crippen LogP contribution in [-0.4, -0.2) is 21.7 Å². The summed E-state index contributed by atoms with van der Waals surface area (Å²) in [7, 11) is 1.60. The third kappa shape index (κ3) is 2.67. The van der Waals surface area contributed by atoms with E-state index in [0.29, 0.717) is 11.3 Å². The number of aromatic nitrogens is 3. The third-order valence-electron chi connectivity index (χ3n) is 4.04. The van der Waals surface area contributed by atoms with Crippen molar-refractivity contribution in [2.75, 3.05) is 7.11 Å². The van der Waals surface area contributed by atoms with Crippen molar-refractivity contribution in [1.82, 2.24) is 14.6 Å². The molecule has 0 aliphatic rings. The van der Waals surface area contributed by atoms with Crippen LogP contribution in [0.15, 0.2) is 65.6 Å². The van der Waals surface area contributed by atoms with Crippen molar-refractivity contribution >= 4 is 5.65 Å². The average Bonchev–Trinajstić information content (AvgIpc) is 3.07. The van der Waals surface area contributed by atoms with Gasteiger partial charge in [0, 0.05) is 23.4 Å². The van der Waals surface area contributed by atoms with Gasteiger partial charge in [-0.2, -0.15) is 0 Å². The third-order valence-corrected chi connectivity index (χ3v) is 4.04. The van der Waals surface area contributed by atoms with Gasteiger partial charge in [-0.1, -0.05) is 12.1 Å². The molecule has 0 saturated heterocycles. The van der Waals surface area contributed by atoms with Crippen molar-refractivity contribution < 1.29 is 9.13 Å². The zero-order valence-electron chi connectivity index (χ0n) is 13.4. The maximum atomic E-state index is 13.2. The lowest BCUT2D eigenvalue weighted by molar-refractivity contribution is 0.415. The predicted octanol–water partition coefficient (Wildman–Crippen LogP) is 3.50. The molecule has 25 heavy (non-hydrogen) atoms. The number of aromatic amines is 1. The van der Waals surface area contributed by atoms with E-state index in [9.17, 15) is 9.18 Å². The molecule has 0 aliphatic carbocycles. The topological polar surface area (TPSA) is 59.4 Å². The Kier molecular flexibility index (Phi) is 3.57. The summed E-state index contributed by atoms with van der Waals surface area (Å²) in [6.45, 7) is 0. The molecule has 0 atom stereocenters. The first kappa shape index (κ1) is 15.1. The molecular weight excluding hydrogens is 321 g/mol. The number of nitrogens with one attached hydrogen (secondary N) is 1. The predicted molar refractivity (Wildman–Crippen MR) is 93.2 cm³/mol. The minimum Gasteiger partial charge on any atom is -0.497 e. The fourth-order valence-electron chi connectivity index (χ4n) is 2.73. The van der Waals surface area contributed by atoms with Gasteiger partial charge < -0.3 is 4.74 Å². The first-order chi connectivity index (χ1) is 12.2. The van der Waals surface area contributed by atoms with Gasteiger partial charge in [0.15, 0.2) is 5.65 Å². The summed E-state index contributed by atoms with van der Waals surface area (Å²) < 4.78 is 19.7. The molecule has 4 aromatic rings. The number of methoxy groups -OCH3 is 1. The van der Waals surface area contributed by atoms with Crippen molar-refractivity contribution in [3.63, 3.8) is 0 Å². The first-order valence-electron chi connectivity index (χ1n) is 7.67. The number of fused-ring (bicyclic) bond motifs is 1. The lowest BCUT2D eigenvalue weighted by Crippen LogP contribution is -2.14. The first-order valence-corrected chi connectivity index (χ1v) is 7.67. The van der Waals surface area contributed by atoms with Gasteiger partial charge in [0.25, 0.3) is 5.56 Å². The molecule has 0 amide bonds. The zero-order chi connectivity index (χ0) is 17.4. The molecule has 0 aliphatic heterocycles. The molecule has 0 saturated carbocycles. The maximum Gasteiger partial charge on any atom is 0.273 e. The minimum absolute atomic E-state index is 0.218. The summed E-state index contributed by atoms with van der Waals surface area (Å²) in [6, 6.07) is 14.9. The summed E-state index contributed by atoms with van der Waals surface area (Å²) >= 11 is 0. The van der Waals surface area contributed by atoms with Gasteiger partial charge in [-0.05, 0) is 42.0 Å². The van der Waals surface area contributed by atoms with E-state index in [1.54, 1.807) is 25.4 Å². The zero-order valence-corrected chi connectivity index (χ0v) is 13.4. The van der Waals surface area contributed by atoms with Crippen LogP contribution in [-0.2, 0) is 0 Å². The fourth-order valence-corrected chi connectivity index (χ4v) is 2.73. The van der Waals surface area contributed by atoms with Gasteiger partial charge >= 0.3 is 0 Å². The summed E-state index contributed by atoms with van der Waals surface area (Å²) in [4.78, 5) is 17.0. The smallest absolute Gasteiger partial charge is 0.273 e. The summed E-state index contributed by atoms with van der Waals surface area (Å²) in [6.07, 6.45) is 1.69. The van der Waals surface area contributed by atoms with Crippen LogP contribution < -0.4 is 10.3 Å². The van der Waals surface area contributed by atoms with Crippen LogP contribution in [0.25, 0.3) is 28.0 Å². The highest BCUT2D eigenvalue weighted by Gasteiger charge is 2.12. The van der Waals surface area contributed by atoms with Crippen molar-refractivity contribution in [1.29, 1.82) is 0 Å². The molecule has 1 N–H and O–H groups in total. The number of nitrogens with zero attached hydrogens (tertiary/aromatic N) is 2. The number of halogens is 1. The SMILES string of the molecule is COc1ccc(-c2cc(=O)n3[nH]cc(-c4ccc(F)cc4)c3n2)cc1.